The third-order valence-electron chi connectivity index (χ3n) is 1.70. The normalized spacial score (nSPS) is 10.2. The smallest absolute Gasteiger partial charge is 0.123 e. The van der Waals surface area contributed by atoms with Crippen molar-refractivity contribution < 1.29 is 0 Å². The average Bonchev–Trinajstić information content (AvgIpc) is 2.25. The molecule has 0 unspecified atom stereocenters. The van der Waals surface area contributed by atoms with Crippen molar-refractivity contribution in [3.63, 3.8) is 0 Å². The molecule has 2 aromatic heterocycles. The van der Waals surface area contributed by atoms with E-state index in [2.05, 4.69) is 9.97 Å². The van der Waals surface area contributed by atoms with E-state index in [-0.39, 0.29) is 0 Å². The van der Waals surface area contributed by atoms with Gasteiger partial charge in [-0.2, -0.15) is 0 Å². The number of rotatable bonds is 2. The molecule has 2 N–H and O–H groups in total. The zero-order valence-corrected chi connectivity index (χ0v) is 9.29. The molecule has 0 atom stereocenters. The van der Waals surface area contributed by atoms with Crippen LogP contribution >= 0.6 is 23.4 Å². The molecule has 0 aliphatic rings. The minimum atomic E-state index is 0.506. The van der Waals surface area contributed by atoms with Gasteiger partial charge < -0.3 is 5.73 Å². The van der Waals surface area contributed by atoms with Crippen molar-refractivity contribution in [2.45, 2.75) is 9.92 Å². The molecule has 0 fully saturated rings. The van der Waals surface area contributed by atoms with Crippen molar-refractivity contribution in [3.05, 3.63) is 41.7 Å². The second-order valence-corrected chi connectivity index (χ2v) is 4.28. The Morgan fingerprint density at radius 3 is 2.73 bits per heavy atom. The molecule has 5 heteroatoms. The second-order valence-electron chi connectivity index (χ2n) is 2.81. The van der Waals surface area contributed by atoms with E-state index in [1.807, 2.05) is 12.1 Å². The highest BCUT2D eigenvalue weighted by atomic mass is 35.5. The predicted molar refractivity (Wildman–Crippen MR) is 62.0 cm³/mol. The van der Waals surface area contributed by atoms with Crippen molar-refractivity contribution in [2.24, 2.45) is 0 Å². The lowest BCUT2D eigenvalue weighted by atomic mass is 10.5. The summed E-state index contributed by atoms with van der Waals surface area (Å²) in [5.74, 6) is 0.506. The summed E-state index contributed by atoms with van der Waals surface area (Å²) in [7, 11) is 0. The Hall–Kier alpha value is -1.26. The topological polar surface area (TPSA) is 51.8 Å². The molecule has 0 bridgehead atoms. The zero-order chi connectivity index (χ0) is 10.7. The van der Waals surface area contributed by atoms with E-state index in [9.17, 15) is 0 Å². The minimum Gasteiger partial charge on any atom is -0.384 e. The molecule has 0 radical (unpaired) electrons. The zero-order valence-electron chi connectivity index (χ0n) is 7.72. The quantitative estimate of drug-likeness (QED) is 0.873. The Morgan fingerprint density at radius 2 is 2.07 bits per heavy atom. The summed E-state index contributed by atoms with van der Waals surface area (Å²) < 4.78 is 0. The molecule has 2 heterocycles. The highest BCUT2D eigenvalue weighted by Crippen LogP contribution is 2.30. The number of nitrogens with zero attached hydrogens (tertiary/aromatic N) is 2. The van der Waals surface area contributed by atoms with E-state index in [1.165, 1.54) is 11.8 Å². The fourth-order valence-corrected chi connectivity index (χ4v) is 1.99. The van der Waals surface area contributed by atoms with E-state index in [0.29, 0.717) is 10.8 Å². The molecule has 2 rings (SSSR count). The van der Waals surface area contributed by atoms with Gasteiger partial charge in [-0.05, 0) is 24.3 Å². The maximum absolute atomic E-state index is 5.98. The number of hydrogen-bond acceptors (Lipinski definition) is 4. The summed E-state index contributed by atoms with van der Waals surface area (Å²) >= 11 is 7.44. The van der Waals surface area contributed by atoms with Gasteiger partial charge in [0.2, 0.25) is 0 Å². The Balaban J connectivity index is 2.22. The van der Waals surface area contributed by atoms with Crippen LogP contribution in [0.15, 0.2) is 46.6 Å². The number of halogens is 1. The predicted octanol–water partition coefficient (Wildman–Crippen LogP) is 2.86. The van der Waals surface area contributed by atoms with Gasteiger partial charge in [-0.1, -0.05) is 23.4 Å². The first-order valence-electron chi connectivity index (χ1n) is 4.25. The first kappa shape index (κ1) is 10.3. The van der Waals surface area contributed by atoms with Crippen LogP contribution in [0.3, 0.4) is 0 Å². The van der Waals surface area contributed by atoms with Crippen LogP contribution in [-0.4, -0.2) is 9.97 Å². The van der Waals surface area contributed by atoms with Crippen molar-refractivity contribution in [1.82, 2.24) is 9.97 Å². The molecule has 0 saturated carbocycles. The first-order valence-corrected chi connectivity index (χ1v) is 5.45. The van der Waals surface area contributed by atoms with Crippen LogP contribution in [0.1, 0.15) is 0 Å². The van der Waals surface area contributed by atoms with E-state index >= 15 is 0 Å². The van der Waals surface area contributed by atoms with Crippen LogP contribution in [0, 0.1) is 0 Å². The SMILES string of the molecule is Nc1ccc(Sc2ncccc2Cl)cn1. The largest absolute Gasteiger partial charge is 0.384 e. The van der Waals surface area contributed by atoms with Crippen molar-refractivity contribution in [2.75, 3.05) is 5.73 Å². The molecular weight excluding hydrogens is 230 g/mol. The monoisotopic (exact) mass is 237 g/mol. The third-order valence-corrected chi connectivity index (χ3v) is 3.11. The molecule has 0 aliphatic heterocycles. The van der Waals surface area contributed by atoms with Crippen LogP contribution in [0.2, 0.25) is 5.02 Å². The second kappa shape index (κ2) is 4.51. The molecular formula is C10H8ClN3S. The molecule has 3 nitrogen and oxygen atoms in total. The lowest BCUT2D eigenvalue weighted by molar-refractivity contribution is 1.13. The summed E-state index contributed by atoms with van der Waals surface area (Å²) in [5.41, 5.74) is 5.49. The van der Waals surface area contributed by atoms with Gasteiger partial charge in [-0.25, -0.2) is 9.97 Å². The summed E-state index contributed by atoms with van der Waals surface area (Å²) in [6.07, 6.45) is 3.41. The molecule has 76 valence electrons. The number of anilines is 1. The van der Waals surface area contributed by atoms with E-state index < -0.39 is 0 Å². The molecule has 15 heavy (non-hydrogen) atoms. The lowest BCUT2D eigenvalue weighted by Gasteiger charge is -2.02. The average molecular weight is 238 g/mol. The molecule has 2 aromatic rings. The lowest BCUT2D eigenvalue weighted by Crippen LogP contribution is -1.88. The molecule has 0 saturated heterocycles. The molecule has 0 aliphatic carbocycles. The van der Waals surface area contributed by atoms with Crippen LogP contribution in [0.4, 0.5) is 5.82 Å². The molecule has 0 aromatic carbocycles. The highest BCUT2D eigenvalue weighted by Gasteiger charge is 2.03. The van der Waals surface area contributed by atoms with Crippen molar-refractivity contribution in [1.29, 1.82) is 0 Å². The third kappa shape index (κ3) is 2.61. The number of nitrogens with two attached hydrogens (primary N) is 1. The Bertz CT molecular complexity index is 458. The van der Waals surface area contributed by atoms with Crippen LogP contribution in [0.5, 0.6) is 0 Å². The number of aromatic nitrogens is 2. The minimum absolute atomic E-state index is 0.506. The highest BCUT2D eigenvalue weighted by molar-refractivity contribution is 7.99. The standard InChI is InChI=1S/C10H8ClN3S/c11-8-2-1-5-13-10(8)15-7-3-4-9(12)14-6-7/h1-6H,(H2,12,14). The van der Waals surface area contributed by atoms with Crippen LogP contribution in [-0.2, 0) is 0 Å². The maximum Gasteiger partial charge on any atom is 0.123 e. The fourth-order valence-electron chi connectivity index (χ4n) is 1.01. The Kier molecular flexibility index (Phi) is 3.08. The number of hydrogen-bond donors (Lipinski definition) is 1. The van der Waals surface area contributed by atoms with Gasteiger partial charge in [0.05, 0.1) is 5.02 Å². The molecule has 0 spiro atoms. The van der Waals surface area contributed by atoms with Gasteiger partial charge in [-0.3, -0.25) is 0 Å². The number of pyridine rings is 2. The summed E-state index contributed by atoms with van der Waals surface area (Å²) in [6.45, 7) is 0. The van der Waals surface area contributed by atoms with Gasteiger partial charge in [-0.15, -0.1) is 0 Å². The van der Waals surface area contributed by atoms with E-state index in [1.54, 1.807) is 24.5 Å². The van der Waals surface area contributed by atoms with Gasteiger partial charge in [0.1, 0.15) is 10.8 Å². The Morgan fingerprint density at radius 1 is 1.20 bits per heavy atom. The Labute approximate surface area is 96.7 Å². The summed E-state index contributed by atoms with van der Waals surface area (Å²) in [4.78, 5) is 9.12. The molecule has 0 amide bonds. The van der Waals surface area contributed by atoms with Gasteiger partial charge in [0, 0.05) is 17.3 Å². The summed E-state index contributed by atoms with van der Waals surface area (Å²) in [5, 5.41) is 1.41. The van der Waals surface area contributed by atoms with Crippen molar-refractivity contribution >= 4 is 29.2 Å². The maximum atomic E-state index is 5.98. The van der Waals surface area contributed by atoms with Gasteiger partial charge in [0.25, 0.3) is 0 Å². The first-order chi connectivity index (χ1) is 7.25. The van der Waals surface area contributed by atoms with Crippen molar-refractivity contribution in [3.8, 4) is 0 Å². The van der Waals surface area contributed by atoms with E-state index in [0.717, 1.165) is 9.92 Å². The van der Waals surface area contributed by atoms with Gasteiger partial charge >= 0.3 is 0 Å². The number of nitrogen functional groups attached to an aromatic ring is 1. The van der Waals surface area contributed by atoms with Gasteiger partial charge in [0.15, 0.2) is 0 Å². The fraction of sp³-hybridized carbons (Fsp3) is 0. The summed E-state index contributed by atoms with van der Waals surface area (Å²) in [6, 6.07) is 7.24. The van der Waals surface area contributed by atoms with Crippen LogP contribution in [0.25, 0.3) is 0 Å². The van der Waals surface area contributed by atoms with E-state index in [4.69, 9.17) is 17.3 Å². The van der Waals surface area contributed by atoms with Crippen LogP contribution < -0.4 is 5.73 Å².